The third kappa shape index (κ3) is 3.47. The summed E-state index contributed by atoms with van der Waals surface area (Å²) in [6, 6.07) is -0.0483. The van der Waals surface area contributed by atoms with E-state index in [9.17, 15) is 4.79 Å². The summed E-state index contributed by atoms with van der Waals surface area (Å²) in [6.45, 7) is 7.71. The first kappa shape index (κ1) is 11.9. The molecule has 0 bridgehead atoms. The van der Waals surface area contributed by atoms with Gasteiger partial charge in [-0.1, -0.05) is 11.3 Å². The molecule has 1 rings (SSSR count). The van der Waals surface area contributed by atoms with Crippen LogP contribution < -0.4 is 5.32 Å². The highest BCUT2D eigenvalue weighted by molar-refractivity contribution is 7.11. The highest BCUT2D eigenvalue weighted by atomic mass is 32.1. The van der Waals surface area contributed by atoms with Gasteiger partial charge in [0, 0.05) is 13.1 Å². The van der Waals surface area contributed by atoms with Crippen molar-refractivity contribution in [3.8, 4) is 0 Å². The molecule has 1 N–H and O–H groups in total. The van der Waals surface area contributed by atoms with Crippen molar-refractivity contribution in [2.75, 3.05) is 13.1 Å². The number of aryl methyl sites for hydroxylation is 1. The molecule has 0 radical (unpaired) electrons. The number of nitrogens with zero attached hydrogens (tertiary/aromatic N) is 3. The molecule has 1 aromatic heterocycles. The fraction of sp³-hybridized carbons (Fsp3) is 0.667. The van der Waals surface area contributed by atoms with Gasteiger partial charge in [0.2, 0.25) is 0 Å². The second-order valence-electron chi connectivity index (χ2n) is 3.05. The minimum absolute atomic E-state index is 0.0483. The molecule has 5 nitrogen and oxygen atoms in total. The summed E-state index contributed by atoms with van der Waals surface area (Å²) in [5.41, 5.74) is 0. The van der Waals surface area contributed by atoms with E-state index in [1.807, 2.05) is 20.8 Å². The lowest BCUT2D eigenvalue weighted by Gasteiger charge is -2.18. The number of amides is 2. The number of aromatic nitrogens is 2. The van der Waals surface area contributed by atoms with Gasteiger partial charge in [-0.3, -0.25) is 0 Å². The standard InChI is InChI=1S/C9H16N4OS/c1-4-13(5-2)9(14)10-6-8-12-11-7(3)15-8/h4-6H2,1-3H3,(H,10,14). The number of nitrogens with one attached hydrogen (secondary N) is 1. The molecular weight excluding hydrogens is 212 g/mol. The zero-order valence-electron chi connectivity index (χ0n) is 9.28. The lowest BCUT2D eigenvalue weighted by Crippen LogP contribution is -2.39. The Bertz CT molecular complexity index is 322. The van der Waals surface area contributed by atoms with Crippen LogP contribution >= 0.6 is 11.3 Å². The maximum Gasteiger partial charge on any atom is 0.317 e. The number of carbonyl (C=O) groups is 1. The van der Waals surface area contributed by atoms with Gasteiger partial charge in [0.15, 0.2) is 0 Å². The Kier molecular flexibility index (Phi) is 4.48. The van der Waals surface area contributed by atoms with Crippen LogP contribution in [0.1, 0.15) is 23.9 Å². The fourth-order valence-corrected chi connectivity index (χ4v) is 1.83. The summed E-state index contributed by atoms with van der Waals surface area (Å²) in [4.78, 5) is 13.3. The van der Waals surface area contributed by atoms with Gasteiger partial charge >= 0.3 is 6.03 Å². The van der Waals surface area contributed by atoms with Gasteiger partial charge in [-0.25, -0.2) is 4.79 Å². The van der Waals surface area contributed by atoms with Gasteiger partial charge in [-0.05, 0) is 20.8 Å². The lowest BCUT2D eigenvalue weighted by molar-refractivity contribution is 0.203. The minimum atomic E-state index is -0.0483. The summed E-state index contributed by atoms with van der Waals surface area (Å²) < 4.78 is 0. The first-order valence-corrected chi connectivity index (χ1v) is 5.80. The van der Waals surface area contributed by atoms with Gasteiger partial charge in [-0.2, -0.15) is 0 Å². The number of hydrogen-bond donors (Lipinski definition) is 1. The molecule has 84 valence electrons. The van der Waals surface area contributed by atoms with Crippen molar-refractivity contribution in [1.82, 2.24) is 20.4 Å². The van der Waals surface area contributed by atoms with E-state index in [2.05, 4.69) is 15.5 Å². The van der Waals surface area contributed by atoms with Gasteiger partial charge in [-0.15, -0.1) is 10.2 Å². The molecule has 1 heterocycles. The van der Waals surface area contributed by atoms with Crippen molar-refractivity contribution >= 4 is 17.4 Å². The highest BCUT2D eigenvalue weighted by Gasteiger charge is 2.09. The van der Waals surface area contributed by atoms with Crippen LogP contribution in [-0.4, -0.2) is 34.2 Å². The molecule has 6 heteroatoms. The Morgan fingerprint density at radius 3 is 2.53 bits per heavy atom. The number of rotatable bonds is 4. The van der Waals surface area contributed by atoms with E-state index >= 15 is 0 Å². The minimum Gasteiger partial charge on any atom is -0.331 e. The monoisotopic (exact) mass is 228 g/mol. The molecule has 2 amide bonds. The SMILES string of the molecule is CCN(CC)C(=O)NCc1nnc(C)s1. The van der Waals surface area contributed by atoms with Crippen LogP contribution in [0, 0.1) is 6.92 Å². The Morgan fingerprint density at radius 1 is 1.40 bits per heavy atom. The average Bonchev–Trinajstić information content (AvgIpc) is 2.63. The predicted octanol–water partition coefficient (Wildman–Crippen LogP) is 1.40. The molecular formula is C9H16N4OS. The van der Waals surface area contributed by atoms with E-state index in [-0.39, 0.29) is 6.03 Å². The Balaban J connectivity index is 2.40. The van der Waals surface area contributed by atoms with Crippen LogP contribution in [0.4, 0.5) is 4.79 Å². The van der Waals surface area contributed by atoms with Crippen LogP contribution in [-0.2, 0) is 6.54 Å². The van der Waals surface area contributed by atoms with Gasteiger partial charge in [0.05, 0.1) is 6.54 Å². The summed E-state index contributed by atoms with van der Waals surface area (Å²) in [5.74, 6) is 0. The van der Waals surface area contributed by atoms with Crippen molar-refractivity contribution in [1.29, 1.82) is 0 Å². The summed E-state index contributed by atoms with van der Waals surface area (Å²) in [6.07, 6.45) is 0. The van der Waals surface area contributed by atoms with Crippen molar-refractivity contribution in [2.45, 2.75) is 27.3 Å². The molecule has 0 saturated carbocycles. The second kappa shape index (κ2) is 5.65. The smallest absolute Gasteiger partial charge is 0.317 e. The molecule has 0 aliphatic rings. The van der Waals surface area contributed by atoms with Gasteiger partial charge in [0.1, 0.15) is 10.0 Å². The van der Waals surface area contributed by atoms with Crippen molar-refractivity contribution < 1.29 is 4.79 Å². The Labute approximate surface area is 93.5 Å². The summed E-state index contributed by atoms with van der Waals surface area (Å²) >= 11 is 1.50. The molecule has 0 unspecified atom stereocenters. The van der Waals surface area contributed by atoms with E-state index in [1.54, 1.807) is 4.90 Å². The first-order valence-electron chi connectivity index (χ1n) is 4.99. The first-order chi connectivity index (χ1) is 7.17. The van der Waals surface area contributed by atoms with E-state index < -0.39 is 0 Å². The van der Waals surface area contributed by atoms with Crippen molar-refractivity contribution in [3.63, 3.8) is 0 Å². The van der Waals surface area contributed by atoms with E-state index in [1.165, 1.54) is 11.3 Å². The van der Waals surface area contributed by atoms with Crippen molar-refractivity contribution in [3.05, 3.63) is 10.0 Å². The average molecular weight is 228 g/mol. The molecule has 0 spiro atoms. The Morgan fingerprint density at radius 2 is 2.07 bits per heavy atom. The predicted molar refractivity (Wildman–Crippen MR) is 59.8 cm³/mol. The molecule has 0 atom stereocenters. The largest absolute Gasteiger partial charge is 0.331 e. The van der Waals surface area contributed by atoms with Crippen LogP contribution in [0.15, 0.2) is 0 Å². The quantitative estimate of drug-likeness (QED) is 0.847. The normalized spacial score (nSPS) is 10.1. The molecule has 0 aliphatic heterocycles. The molecule has 0 aromatic carbocycles. The van der Waals surface area contributed by atoms with Crippen LogP contribution in [0.2, 0.25) is 0 Å². The Hall–Kier alpha value is -1.17. The highest BCUT2D eigenvalue weighted by Crippen LogP contribution is 2.07. The second-order valence-corrected chi connectivity index (χ2v) is 4.31. The van der Waals surface area contributed by atoms with E-state index in [0.717, 1.165) is 23.1 Å². The van der Waals surface area contributed by atoms with Gasteiger partial charge in [0.25, 0.3) is 0 Å². The fourth-order valence-electron chi connectivity index (χ4n) is 1.18. The van der Waals surface area contributed by atoms with Crippen LogP contribution in [0.3, 0.4) is 0 Å². The molecule has 0 saturated heterocycles. The number of carbonyl (C=O) groups excluding carboxylic acids is 1. The summed E-state index contributed by atoms with van der Waals surface area (Å²) in [5, 5.41) is 12.4. The third-order valence-corrected chi connectivity index (χ3v) is 2.85. The van der Waals surface area contributed by atoms with E-state index in [4.69, 9.17) is 0 Å². The van der Waals surface area contributed by atoms with Crippen LogP contribution in [0.25, 0.3) is 0 Å². The lowest BCUT2D eigenvalue weighted by atomic mass is 10.5. The maximum atomic E-state index is 11.6. The maximum absolute atomic E-state index is 11.6. The van der Waals surface area contributed by atoms with E-state index in [0.29, 0.717) is 6.54 Å². The molecule has 15 heavy (non-hydrogen) atoms. The zero-order valence-corrected chi connectivity index (χ0v) is 10.1. The topological polar surface area (TPSA) is 58.1 Å². The number of urea groups is 1. The third-order valence-electron chi connectivity index (χ3n) is 2.01. The van der Waals surface area contributed by atoms with Crippen LogP contribution in [0.5, 0.6) is 0 Å². The zero-order chi connectivity index (χ0) is 11.3. The molecule has 0 aliphatic carbocycles. The molecule has 0 fully saturated rings. The molecule has 1 aromatic rings. The summed E-state index contributed by atoms with van der Waals surface area (Å²) in [7, 11) is 0. The van der Waals surface area contributed by atoms with Crippen molar-refractivity contribution in [2.24, 2.45) is 0 Å². The number of hydrogen-bond acceptors (Lipinski definition) is 4. The van der Waals surface area contributed by atoms with Gasteiger partial charge < -0.3 is 10.2 Å².